The highest BCUT2D eigenvalue weighted by Gasteiger charge is 2.24. The Bertz CT molecular complexity index is 422. The van der Waals surface area contributed by atoms with Gasteiger partial charge in [-0.25, -0.2) is 4.98 Å². The van der Waals surface area contributed by atoms with E-state index in [0.29, 0.717) is 11.8 Å². The van der Waals surface area contributed by atoms with Crippen molar-refractivity contribution in [3.63, 3.8) is 0 Å². The van der Waals surface area contributed by atoms with Gasteiger partial charge >= 0.3 is 5.69 Å². The lowest BCUT2D eigenvalue weighted by atomic mass is 10.4. The average Bonchev–Trinajstić information content (AvgIpc) is 2.39. The van der Waals surface area contributed by atoms with Crippen LogP contribution in [0.5, 0.6) is 0 Å². The number of thioether (sulfide) groups is 1. The number of hydrogen-bond donors (Lipinski definition) is 1. The van der Waals surface area contributed by atoms with Crippen molar-refractivity contribution in [1.29, 1.82) is 0 Å². The van der Waals surface area contributed by atoms with Crippen LogP contribution in [-0.2, 0) is 0 Å². The summed E-state index contributed by atoms with van der Waals surface area (Å²) in [6.45, 7) is 1.57. The molecule has 17 heavy (non-hydrogen) atoms. The van der Waals surface area contributed by atoms with Crippen LogP contribution in [0.15, 0.2) is 6.20 Å². The number of nitrogens with zero attached hydrogens (tertiary/aromatic N) is 4. The molecule has 0 radical (unpaired) electrons. The summed E-state index contributed by atoms with van der Waals surface area (Å²) < 4.78 is 0. The standard InChI is InChI=1S/C9H13N5O2S/c1-10-9-11-6-7(14(15)16)8(12-9)13-2-4-17-5-3-13/h6H,2-5H2,1H3,(H,10,11,12). The zero-order valence-corrected chi connectivity index (χ0v) is 10.2. The third-order valence-electron chi connectivity index (χ3n) is 2.48. The second kappa shape index (κ2) is 5.17. The summed E-state index contributed by atoms with van der Waals surface area (Å²) in [6, 6.07) is 0. The lowest BCUT2D eigenvalue weighted by Gasteiger charge is -2.26. The highest BCUT2D eigenvalue weighted by atomic mass is 32.2. The van der Waals surface area contributed by atoms with Crippen molar-refractivity contribution >= 4 is 29.2 Å². The molecule has 7 nitrogen and oxygen atoms in total. The summed E-state index contributed by atoms with van der Waals surface area (Å²) in [7, 11) is 1.69. The van der Waals surface area contributed by atoms with Crippen LogP contribution in [0.4, 0.5) is 17.5 Å². The van der Waals surface area contributed by atoms with Gasteiger partial charge in [-0.15, -0.1) is 0 Å². The first-order chi connectivity index (χ1) is 8.22. The van der Waals surface area contributed by atoms with Crippen LogP contribution in [0.3, 0.4) is 0 Å². The van der Waals surface area contributed by atoms with E-state index in [1.165, 1.54) is 6.20 Å². The summed E-state index contributed by atoms with van der Waals surface area (Å²) in [6.07, 6.45) is 1.26. The van der Waals surface area contributed by atoms with Gasteiger partial charge in [0.15, 0.2) is 0 Å². The minimum Gasteiger partial charge on any atom is -0.357 e. The van der Waals surface area contributed by atoms with Gasteiger partial charge < -0.3 is 10.2 Å². The monoisotopic (exact) mass is 255 g/mol. The van der Waals surface area contributed by atoms with Gasteiger partial charge in [-0.2, -0.15) is 16.7 Å². The van der Waals surface area contributed by atoms with E-state index < -0.39 is 4.92 Å². The molecule has 1 N–H and O–H groups in total. The van der Waals surface area contributed by atoms with E-state index in [1.54, 1.807) is 7.05 Å². The lowest BCUT2D eigenvalue weighted by Crippen LogP contribution is -2.33. The Hall–Kier alpha value is -1.57. The first-order valence-corrected chi connectivity index (χ1v) is 6.39. The first kappa shape index (κ1) is 11.9. The minimum atomic E-state index is -0.434. The molecule has 0 amide bonds. The van der Waals surface area contributed by atoms with Crippen LogP contribution >= 0.6 is 11.8 Å². The molecular weight excluding hydrogens is 242 g/mol. The zero-order chi connectivity index (χ0) is 12.3. The Labute approximate surface area is 103 Å². The molecule has 1 aromatic rings. The van der Waals surface area contributed by atoms with E-state index in [4.69, 9.17) is 0 Å². The second-order valence-electron chi connectivity index (χ2n) is 3.51. The van der Waals surface area contributed by atoms with Gasteiger partial charge in [-0.05, 0) is 0 Å². The summed E-state index contributed by atoms with van der Waals surface area (Å²) in [4.78, 5) is 20.5. The fourth-order valence-electron chi connectivity index (χ4n) is 1.62. The molecule has 1 aromatic heterocycles. The van der Waals surface area contributed by atoms with Crippen molar-refractivity contribution in [1.82, 2.24) is 9.97 Å². The molecule has 8 heteroatoms. The average molecular weight is 255 g/mol. The Kier molecular flexibility index (Phi) is 3.62. The highest BCUT2D eigenvalue weighted by molar-refractivity contribution is 7.99. The molecule has 2 heterocycles. The van der Waals surface area contributed by atoms with Crippen molar-refractivity contribution in [2.45, 2.75) is 0 Å². The maximum Gasteiger partial charge on any atom is 0.329 e. The minimum absolute atomic E-state index is 0.0316. The van der Waals surface area contributed by atoms with Crippen LogP contribution < -0.4 is 10.2 Å². The van der Waals surface area contributed by atoms with Gasteiger partial charge in [-0.1, -0.05) is 0 Å². The van der Waals surface area contributed by atoms with E-state index >= 15 is 0 Å². The topological polar surface area (TPSA) is 84.2 Å². The van der Waals surface area contributed by atoms with Crippen LogP contribution in [0.25, 0.3) is 0 Å². The third-order valence-corrected chi connectivity index (χ3v) is 3.42. The summed E-state index contributed by atoms with van der Waals surface area (Å²) in [5.74, 6) is 2.75. The lowest BCUT2D eigenvalue weighted by molar-refractivity contribution is -0.384. The van der Waals surface area contributed by atoms with Crippen molar-refractivity contribution in [2.75, 3.05) is 41.9 Å². The molecule has 1 aliphatic heterocycles. The molecule has 0 unspecified atom stereocenters. The van der Waals surface area contributed by atoms with Gasteiger partial charge in [0.1, 0.15) is 6.20 Å². The van der Waals surface area contributed by atoms with Crippen molar-refractivity contribution in [2.24, 2.45) is 0 Å². The number of anilines is 2. The largest absolute Gasteiger partial charge is 0.357 e. The predicted molar refractivity (Wildman–Crippen MR) is 67.8 cm³/mol. The second-order valence-corrected chi connectivity index (χ2v) is 4.73. The third kappa shape index (κ3) is 2.57. The zero-order valence-electron chi connectivity index (χ0n) is 9.42. The number of rotatable bonds is 3. The Morgan fingerprint density at radius 1 is 1.53 bits per heavy atom. The number of hydrogen-bond acceptors (Lipinski definition) is 7. The van der Waals surface area contributed by atoms with Gasteiger partial charge in [0.05, 0.1) is 4.92 Å². The van der Waals surface area contributed by atoms with Crippen LogP contribution in [-0.4, -0.2) is 46.5 Å². The Morgan fingerprint density at radius 2 is 2.24 bits per heavy atom. The van der Waals surface area contributed by atoms with E-state index in [-0.39, 0.29) is 5.69 Å². The van der Waals surface area contributed by atoms with E-state index in [0.717, 1.165) is 24.6 Å². The maximum atomic E-state index is 10.9. The van der Waals surface area contributed by atoms with Crippen LogP contribution in [0.1, 0.15) is 0 Å². The molecule has 2 rings (SSSR count). The summed E-state index contributed by atoms with van der Waals surface area (Å²) in [5, 5.41) is 13.7. The maximum absolute atomic E-state index is 10.9. The van der Waals surface area contributed by atoms with Gasteiger partial charge in [0.2, 0.25) is 11.8 Å². The Balaban J connectivity index is 2.36. The molecule has 1 aliphatic rings. The SMILES string of the molecule is CNc1ncc([N+](=O)[O-])c(N2CCSCC2)n1. The quantitative estimate of drug-likeness (QED) is 0.636. The van der Waals surface area contributed by atoms with Crippen LogP contribution in [0.2, 0.25) is 0 Å². The smallest absolute Gasteiger partial charge is 0.329 e. The highest BCUT2D eigenvalue weighted by Crippen LogP contribution is 2.27. The van der Waals surface area contributed by atoms with E-state index in [9.17, 15) is 10.1 Å². The molecule has 0 aliphatic carbocycles. The van der Waals surface area contributed by atoms with E-state index in [2.05, 4.69) is 15.3 Å². The molecule has 92 valence electrons. The van der Waals surface area contributed by atoms with Gasteiger partial charge in [-0.3, -0.25) is 10.1 Å². The molecule has 0 bridgehead atoms. The van der Waals surface area contributed by atoms with Crippen LogP contribution in [0, 0.1) is 10.1 Å². The number of nitrogens with one attached hydrogen (secondary N) is 1. The molecule has 0 saturated carbocycles. The predicted octanol–water partition coefficient (Wildman–Crippen LogP) is 0.980. The molecule has 0 spiro atoms. The summed E-state index contributed by atoms with van der Waals surface area (Å²) >= 11 is 1.85. The summed E-state index contributed by atoms with van der Waals surface area (Å²) in [5.41, 5.74) is -0.0316. The fourth-order valence-corrected chi connectivity index (χ4v) is 2.53. The molecule has 0 atom stereocenters. The normalized spacial score (nSPS) is 15.7. The number of nitro groups is 1. The Morgan fingerprint density at radius 3 is 2.82 bits per heavy atom. The molecule has 1 fully saturated rings. The molecule has 1 saturated heterocycles. The van der Waals surface area contributed by atoms with Crippen molar-refractivity contribution < 1.29 is 4.92 Å². The fraction of sp³-hybridized carbons (Fsp3) is 0.556. The molecule has 0 aromatic carbocycles. The van der Waals surface area contributed by atoms with Crippen molar-refractivity contribution in [3.05, 3.63) is 16.3 Å². The first-order valence-electron chi connectivity index (χ1n) is 5.24. The van der Waals surface area contributed by atoms with Gasteiger partial charge in [0, 0.05) is 31.6 Å². The van der Waals surface area contributed by atoms with Gasteiger partial charge in [0.25, 0.3) is 0 Å². The van der Waals surface area contributed by atoms with Crippen molar-refractivity contribution in [3.8, 4) is 0 Å². The molecular formula is C9H13N5O2S. The number of aromatic nitrogens is 2. The van der Waals surface area contributed by atoms with E-state index in [1.807, 2.05) is 16.7 Å².